The summed E-state index contributed by atoms with van der Waals surface area (Å²) in [5.41, 5.74) is 3.87. The lowest BCUT2D eigenvalue weighted by molar-refractivity contribution is -0.140. The maximum Gasteiger partial charge on any atom is 0.242 e. The second kappa shape index (κ2) is 9.31. The number of benzene rings is 2. The van der Waals surface area contributed by atoms with E-state index in [9.17, 15) is 14.0 Å². The maximum absolute atomic E-state index is 13.2. The molecular weight excluding hydrogens is 343 g/mol. The van der Waals surface area contributed by atoms with Crippen LogP contribution in [0.2, 0.25) is 0 Å². The van der Waals surface area contributed by atoms with Crippen molar-refractivity contribution < 1.29 is 14.0 Å². The minimum absolute atomic E-state index is 0.122. The lowest BCUT2D eigenvalue weighted by Gasteiger charge is -2.30. The van der Waals surface area contributed by atoms with E-state index in [1.807, 2.05) is 39.0 Å². The van der Waals surface area contributed by atoms with Crippen molar-refractivity contribution in [2.24, 2.45) is 0 Å². The number of hydrogen-bond acceptors (Lipinski definition) is 2. The molecule has 0 aliphatic rings. The van der Waals surface area contributed by atoms with Crippen LogP contribution in [0.5, 0.6) is 0 Å². The molecule has 0 saturated carbocycles. The van der Waals surface area contributed by atoms with Gasteiger partial charge in [0.25, 0.3) is 0 Å². The summed E-state index contributed by atoms with van der Waals surface area (Å²) < 4.78 is 13.2. The van der Waals surface area contributed by atoms with Gasteiger partial charge in [-0.05, 0) is 49.1 Å². The molecule has 0 unspecified atom stereocenters. The Morgan fingerprint density at radius 1 is 1.11 bits per heavy atom. The summed E-state index contributed by atoms with van der Waals surface area (Å²) in [6.45, 7) is 6.10. The first-order valence-electron chi connectivity index (χ1n) is 9.17. The number of aryl methyl sites for hydroxylation is 2. The van der Waals surface area contributed by atoms with Crippen molar-refractivity contribution in [3.05, 3.63) is 70.5 Å². The van der Waals surface area contributed by atoms with Gasteiger partial charge in [-0.1, -0.05) is 42.8 Å². The molecule has 2 aromatic carbocycles. The van der Waals surface area contributed by atoms with Gasteiger partial charge in [0.1, 0.15) is 11.9 Å². The van der Waals surface area contributed by atoms with E-state index in [0.717, 1.165) is 22.3 Å². The van der Waals surface area contributed by atoms with Crippen molar-refractivity contribution in [2.45, 2.75) is 46.2 Å². The predicted octanol–water partition coefficient (Wildman–Crippen LogP) is 3.54. The first-order chi connectivity index (χ1) is 12.8. The molecular formula is C22H27FN2O2. The standard InChI is InChI=1S/C22H27FN2O2/c1-5-20(22(27)24-4)25(14-17-8-10-19(23)11-9-17)21(26)13-18-12-15(2)6-7-16(18)3/h6-12,20H,5,13-14H2,1-4H3,(H,24,27)/t20-/m0/s1. The van der Waals surface area contributed by atoms with Crippen molar-refractivity contribution in [1.82, 2.24) is 10.2 Å². The maximum atomic E-state index is 13.2. The highest BCUT2D eigenvalue weighted by Crippen LogP contribution is 2.17. The molecule has 144 valence electrons. The summed E-state index contributed by atoms with van der Waals surface area (Å²) in [5.74, 6) is -0.650. The molecule has 0 saturated heterocycles. The molecule has 1 atom stereocenters. The van der Waals surface area contributed by atoms with Crippen LogP contribution in [0.1, 0.15) is 35.6 Å². The lowest BCUT2D eigenvalue weighted by atomic mass is 10.0. The smallest absolute Gasteiger partial charge is 0.242 e. The molecule has 5 heteroatoms. The van der Waals surface area contributed by atoms with Gasteiger partial charge >= 0.3 is 0 Å². The molecule has 0 aliphatic heterocycles. The summed E-state index contributed by atoms with van der Waals surface area (Å²) in [4.78, 5) is 27.1. The van der Waals surface area contributed by atoms with Gasteiger partial charge in [0.05, 0.1) is 6.42 Å². The van der Waals surface area contributed by atoms with E-state index in [0.29, 0.717) is 6.42 Å². The zero-order valence-corrected chi connectivity index (χ0v) is 16.4. The van der Waals surface area contributed by atoms with Crippen LogP contribution in [0.15, 0.2) is 42.5 Å². The summed E-state index contributed by atoms with van der Waals surface area (Å²) in [5, 5.41) is 2.64. The van der Waals surface area contributed by atoms with Crippen molar-refractivity contribution in [2.75, 3.05) is 7.05 Å². The molecule has 2 aromatic rings. The molecule has 0 radical (unpaired) electrons. The number of likely N-dealkylation sites (N-methyl/N-ethyl adjacent to an activating group) is 1. The number of hydrogen-bond donors (Lipinski definition) is 1. The average molecular weight is 370 g/mol. The molecule has 0 fully saturated rings. The number of nitrogens with zero attached hydrogens (tertiary/aromatic N) is 1. The Morgan fingerprint density at radius 3 is 2.37 bits per heavy atom. The Labute approximate surface area is 160 Å². The fraction of sp³-hybridized carbons (Fsp3) is 0.364. The largest absolute Gasteiger partial charge is 0.357 e. The number of halogens is 1. The Bertz CT molecular complexity index is 802. The number of nitrogens with one attached hydrogen (secondary N) is 1. The average Bonchev–Trinajstić information content (AvgIpc) is 2.65. The predicted molar refractivity (Wildman–Crippen MR) is 105 cm³/mol. The molecule has 0 spiro atoms. The normalized spacial score (nSPS) is 11.7. The van der Waals surface area contributed by atoms with Crippen molar-refractivity contribution >= 4 is 11.8 Å². The molecule has 1 N–H and O–H groups in total. The topological polar surface area (TPSA) is 49.4 Å². The van der Waals surface area contributed by atoms with Crippen LogP contribution in [-0.2, 0) is 22.6 Å². The van der Waals surface area contributed by atoms with Gasteiger partial charge < -0.3 is 10.2 Å². The Morgan fingerprint density at radius 2 is 1.78 bits per heavy atom. The van der Waals surface area contributed by atoms with E-state index in [-0.39, 0.29) is 30.6 Å². The SMILES string of the molecule is CC[C@@H](C(=O)NC)N(Cc1ccc(F)cc1)C(=O)Cc1cc(C)ccc1C. The van der Waals surface area contributed by atoms with Crippen LogP contribution >= 0.6 is 0 Å². The molecule has 0 heterocycles. The van der Waals surface area contributed by atoms with Crippen molar-refractivity contribution in [1.29, 1.82) is 0 Å². The number of rotatable bonds is 7. The summed E-state index contributed by atoms with van der Waals surface area (Å²) in [6.07, 6.45) is 0.724. The lowest BCUT2D eigenvalue weighted by Crippen LogP contribution is -2.48. The van der Waals surface area contributed by atoms with Crippen LogP contribution in [0.25, 0.3) is 0 Å². The Kier molecular flexibility index (Phi) is 7.11. The quantitative estimate of drug-likeness (QED) is 0.810. The minimum atomic E-state index is -0.572. The summed E-state index contributed by atoms with van der Waals surface area (Å²) in [7, 11) is 1.57. The number of carbonyl (C=O) groups excluding carboxylic acids is 2. The highest BCUT2D eigenvalue weighted by molar-refractivity contribution is 5.88. The van der Waals surface area contributed by atoms with E-state index in [1.54, 1.807) is 24.1 Å². The van der Waals surface area contributed by atoms with Gasteiger partial charge in [-0.2, -0.15) is 0 Å². The van der Waals surface area contributed by atoms with E-state index in [4.69, 9.17) is 0 Å². The third kappa shape index (κ3) is 5.39. The molecule has 27 heavy (non-hydrogen) atoms. The zero-order chi connectivity index (χ0) is 20.0. The Hall–Kier alpha value is -2.69. The second-order valence-electron chi connectivity index (χ2n) is 6.79. The van der Waals surface area contributed by atoms with Crippen LogP contribution < -0.4 is 5.32 Å². The first-order valence-corrected chi connectivity index (χ1v) is 9.17. The van der Waals surface area contributed by atoms with Crippen molar-refractivity contribution in [3.8, 4) is 0 Å². The van der Waals surface area contributed by atoms with Gasteiger partial charge in [-0.15, -0.1) is 0 Å². The van der Waals surface area contributed by atoms with Crippen molar-refractivity contribution in [3.63, 3.8) is 0 Å². The third-order valence-electron chi connectivity index (χ3n) is 4.74. The van der Waals surface area contributed by atoms with E-state index in [1.165, 1.54) is 12.1 Å². The Balaban J connectivity index is 2.31. The summed E-state index contributed by atoms with van der Waals surface area (Å²) >= 11 is 0. The van der Waals surface area contributed by atoms with Gasteiger partial charge in [0.15, 0.2) is 0 Å². The van der Waals surface area contributed by atoms with Gasteiger partial charge in [-0.3, -0.25) is 9.59 Å². The second-order valence-corrected chi connectivity index (χ2v) is 6.79. The molecule has 0 aromatic heterocycles. The molecule has 4 nitrogen and oxygen atoms in total. The number of amides is 2. The molecule has 2 rings (SSSR count). The summed E-state index contributed by atoms with van der Waals surface area (Å²) in [6, 6.07) is 11.5. The molecule has 2 amide bonds. The fourth-order valence-corrected chi connectivity index (χ4v) is 3.13. The monoisotopic (exact) mass is 370 g/mol. The molecule has 0 aliphatic carbocycles. The van der Waals surface area contributed by atoms with Gasteiger partial charge in [0, 0.05) is 13.6 Å². The highest BCUT2D eigenvalue weighted by Gasteiger charge is 2.28. The zero-order valence-electron chi connectivity index (χ0n) is 16.4. The van der Waals surface area contributed by atoms with E-state index in [2.05, 4.69) is 5.32 Å². The van der Waals surface area contributed by atoms with Gasteiger partial charge in [-0.25, -0.2) is 4.39 Å². The van der Waals surface area contributed by atoms with Gasteiger partial charge in [0.2, 0.25) is 11.8 Å². The van der Waals surface area contributed by atoms with Crippen LogP contribution in [0.3, 0.4) is 0 Å². The van der Waals surface area contributed by atoms with E-state index >= 15 is 0 Å². The molecule has 0 bridgehead atoms. The third-order valence-corrected chi connectivity index (χ3v) is 4.74. The van der Waals surface area contributed by atoms with E-state index < -0.39 is 6.04 Å². The minimum Gasteiger partial charge on any atom is -0.357 e. The first kappa shape index (κ1) is 20.6. The fourth-order valence-electron chi connectivity index (χ4n) is 3.13. The van der Waals surface area contributed by atoms with Crippen LogP contribution in [-0.4, -0.2) is 29.8 Å². The van der Waals surface area contributed by atoms with Crippen LogP contribution in [0.4, 0.5) is 4.39 Å². The number of carbonyl (C=O) groups is 2. The highest BCUT2D eigenvalue weighted by atomic mass is 19.1. The van der Waals surface area contributed by atoms with Crippen LogP contribution in [0, 0.1) is 19.7 Å².